The summed E-state index contributed by atoms with van der Waals surface area (Å²) in [5.41, 5.74) is 1.80. The highest BCUT2D eigenvalue weighted by Gasteiger charge is 2.49. The quantitative estimate of drug-likeness (QED) is 0.292. The molecule has 0 unspecified atom stereocenters. The summed E-state index contributed by atoms with van der Waals surface area (Å²) in [6, 6.07) is 4.67. The minimum absolute atomic E-state index is 0.102. The summed E-state index contributed by atoms with van der Waals surface area (Å²) in [4.78, 5) is 15.5. The van der Waals surface area contributed by atoms with Crippen LogP contribution in [0.5, 0.6) is 11.5 Å². The summed E-state index contributed by atoms with van der Waals surface area (Å²) in [6.45, 7) is 0.918. The van der Waals surface area contributed by atoms with Crippen LogP contribution in [0.1, 0.15) is 66.1 Å². The molecule has 10 heteroatoms. The third kappa shape index (κ3) is 5.13. The number of carbonyl (C=O) groups is 1. The van der Waals surface area contributed by atoms with E-state index in [2.05, 4.69) is 22.3 Å². The number of hydrogen-bond acceptors (Lipinski definition) is 7. The lowest BCUT2D eigenvalue weighted by Gasteiger charge is -2.51. The monoisotopic (exact) mass is 570 g/mol. The number of rotatable bonds is 9. The lowest BCUT2D eigenvalue weighted by molar-refractivity contribution is -0.181. The normalized spacial score (nSPS) is 24.3. The van der Waals surface area contributed by atoms with E-state index in [0.717, 1.165) is 49.8 Å². The highest BCUT2D eigenvalue weighted by atomic mass is 35.5. The molecule has 4 heterocycles. The average Bonchev–Trinajstić information content (AvgIpc) is 3.71. The topological polar surface area (TPSA) is 104 Å². The second-order valence-electron chi connectivity index (χ2n) is 10.7. The van der Waals surface area contributed by atoms with Crippen molar-refractivity contribution >= 4 is 35.2 Å². The average molecular weight is 571 g/mol. The van der Waals surface area contributed by atoms with E-state index in [9.17, 15) is 9.90 Å². The first-order valence-corrected chi connectivity index (χ1v) is 13.7. The Labute approximate surface area is 235 Å². The molecule has 0 amide bonds. The Morgan fingerprint density at radius 2 is 1.85 bits per heavy atom. The third-order valence-electron chi connectivity index (χ3n) is 8.09. The molecule has 2 saturated heterocycles. The number of benzene rings is 1. The Bertz CT molecular complexity index is 1400. The highest BCUT2D eigenvalue weighted by molar-refractivity contribution is 6.39. The fourth-order valence-corrected chi connectivity index (χ4v) is 6.03. The number of aromatic carboxylic acids is 1. The van der Waals surface area contributed by atoms with Gasteiger partial charge in [0.25, 0.3) is 0 Å². The molecule has 0 spiro atoms. The predicted octanol–water partition coefficient (Wildman–Crippen LogP) is 7.05. The second-order valence-corrected chi connectivity index (χ2v) is 11.5. The molecule has 204 valence electrons. The number of methoxy groups -OCH3 is 1. The molecule has 4 fully saturated rings. The number of halogens is 2. The Morgan fingerprint density at radius 3 is 2.46 bits per heavy atom. The smallest absolute Gasteiger partial charge is 0.335 e. The fraction of sp³-hybridized carbons (Fsp3) is 0.414. The van der Waals surface area contributed by atoms with Gasteiger partial charge < -0.3 is 23.8 Å². The molecule has 2 saturated carbocycles. The van der Waals surface area contributed by atoms with Crippen LogP contribution in [0.4, 0.5) is 0 Å². The maximum atomic E-state index is 11.5. The van der Waals surface area contributed by atoms with Crippen LogP contribution in [0, 0.1) is 5.41 Å². The maximum Gasteiger partial charge on any atom is 0.335 e. The Balaban J connectivity index is 1.18. The zero-order chi connectivity index (χ0) is 27.2. The van der Waals surface area contributed by atoms with E-state index in [-0.39, 0.29) is 11.0 Å². The maximum absolute atomic E-state index is 11.5. The van der Waals surface area contributed by atoms with Crippen LogP contribution in [-0.4, -0.2) is 47.1 Å². The summed E-state index contributed by atoms with van der Waals surface area (Å²) in [5, 5.41) is 14.6. The zero-order valence-electron chi connectivity index (χ0n) is 21.4. The summed E-state index contributed by atoms with van der Waals surface area (Å²) in [5.74, 6) is 1.09. The standard InChI is InChI=1S/C29H28Cl2N2O6/c1-36-19-10-18(27(34)35)11-20(12-19)37-16-29-8-6-28(7-9-29,15-38-29)5-4-21-25(33-39-26(21)17-2-3-17)24-22(30)13-32-14-23(24)31/h4-5,10-14,17H,2-3,6-9,15-16H2,1H3,(H,34,35). The van der Waals surface area contributed by atoms with Crippen molar-refractivity contribution in [3.05, 3.63) is 63.6 Å². The molecule has 2 bridgehead atoms. The van der Waals surface area contributed by atoms with Gasteiger partial charge in [0.15, 0.2) is 0 Å². The highest BCUT2D eigenvalue weighted by Crippen LogP contribution is 2.51. The molecule has 1 N–H and O–H groups in total. The SMILES string of the molecule is COc1cc(OCC23CCC(C=Cc4c(-c5c(Cl)cncc5Cl)noc4C4CC4)(CC2)CO3)cc(C(=O)O)c1. The van der Waals surface area contributed by atoms with E-state index in [1.165, 1.54) is 19.2 Å². The van der Waals surface area contributed by atoms with Crippen LogP contribution >= 0.6 is 23.2 Å². The number of carboxylic acids is 1. The number of ether oxygens (including phenoxy) is 3. The second kappa shape index (κ2) is 10.2. The minimum atomic E-state index is -1.03. The van der Waals surface area contributed by atoms with Crippen molar-refractivity contribution in [2.24, 2.45) is 5.41 Å². The van der Waals surface area contributed by atoms with Crippen molar-refractivity contribution in [2.75, 3.05) is 20.3 Å². The molecule has 2 aromatic heterocycles. The van der Waals surface area contributed by atoms with Gasteiger partial charge in [-0.2, -0.15) is 0 Å². The first kappa shape index (κ1) is 26.2. The Morgan fingerprint density at radius 1 is 1.13 bits per heavy atom. The van der Waals surface area contributed by atoms with Crippen molar-refractivity contribution in [3.63, 3.8) is 0 Å². The van der Waals surface area contributed by atoms with Gasteiger partial charge in [-0.25, -0.2) is 4.79 Å². The van der Waals surface area contributed by atoms with E-state index in [0.29, 0.717) is 51.9 Å². The van der Waals surface area contributed by atoms with Crippen LogP contribution in [0.2, 0.25) is 10.0 Å². The summed E-state index contributed by atoms with van der Waals surface area (Å²) in [7, 11) is 1.50. The largest absolute Gasteiger partial charge is 0.497 e. The van der Waals surface area contributed by atoms with Crippen molar-refractivity contribution in [1.82, 2.24) is 10.1 Å². The van der Waals surface area contributed by atoms with Gasteiger partial charge in [-0.1, -0.05) is 40.5 Å². The van der Waals surface area contributed by atoms with Gasteiger partial charge in [0.2, 0.25) is 0 Å². The van der Waals surface area contributed by atoms with E-state index < -0.39 is 11.6 Å². The van der Waals surface area contributed by atoms with Crippen molar-refractivity contribution in [3.8, 4) is 22.8 Å². The van der Waals surface area contributed by atoms with Crippen LogP contribution in [0.15, 0.2) is 41.2 Å². The number of pyridine rings is 1. The number of fused-ring (bicyclic) bond motifs is 3. The third-order valence-corrected chi connectivity index (χ3v) is 8.66. The van der Waals surface area contributed by atoms with Crippen LogP contribution < -0.4 is 9.47 Å². The number of hydrogen-bond donors (Lipinski definition) is 1. The number of carboxylic acid groups (broad SMARTS) is 1. The summed E-state index contributed by atoms with van der Waals surface area (Å²) in [6.07, 6.45) is 13.2. The summed E-state index contributed by atoms with van der Waals surface area (Å²) < 4.78 is 23.5. The van der Waals surface area contributed by atoms with E-state index in [4.69, 9.17) is 41.9 Å². The van der Waals surface area contributed by atoms with Gasteiger partial charge >= 0.3 is 5.97 Å². The van der Waals surface area contributed by atoms with Crippen LogP contribution in [-0.2, 0) is 4.74 Å². The molecule has 2 aliphatic heterocycles. The molecule has 7 rings (SSSR count). The molecular weight excluding hydrogens is 543 g/mol. The van der Waals surface area contributed by atoms with Crippen LogP contribution in [0.25, 0.3) is 17.3 Å². The lowest BCUT2D eigenvalue weighted by atomic mass is 9.66. The number of aromatic nitrogens is 2. The van der Waals surface area contributed by atoms with Crippen molar-refractivity contribution < 1.29 is 28.6 Å². The van der Waals surface area contributed by atoms with E-state index in [1.807, 2.05) is 0 Å². The first-order valence-electron chi connectivity index (χ1n) is 13.0. The molecule has 3 aromatic rings. The predicted molar refractivity (Wildman–Crippen MR) is 146 cm³/mol. The first-order chi connectivity index (χ1) is 18.8. The minimum Gasteiger partial charge on any atom is -0.497 e. The fourth-order valence-electron chi connectivity index (χ4n) is 5.49. The number of nitrogens with zero attached hydrogens (tertiary/aromatic N) is 2. The van der Waals surface area contributed by atoms with E-state index in [1.54, 1.807) is 18.5 Å². The van der Waals surface area contributed by atoms with Gasteiger partial charge in [-0.15, -0.1) is 0 Å². The lowest BCUT2D eigenvalue weighted by Crippen LogP contribution is -2.53. The zero-order valence-corrected chi connectivity index (χ0v) is 22.9. The van der Waals surface area contributed by atoms with Gasteiger partial charge in [-0.3, -0.25) is 4.98 Å². The van der Waals surface area contributed by atoms with Gasteiger partial charge in [0.05, 0.1) is 29.3 Å². The van der Waals surface area contributed by atoms with Gasteiger partial charge in [-0.05, 0) is 50.7 Å². The molecule has 0 radical (unpaired) electrons. The van der Waals surface area contributed by atoms with Crippen molar-refractivity contribution in [2.45, 2.75) is 50.0 Å². The molecule has 0 atom stereocenters. The molecule has 39 heavy (non-hydrogen) atoms. The summed E-state index contributed by atoms with van der Waals surface area (Å²) >= 11 is 12.9. The molecule has 4 aliphatic rings. The Kier molecular flexibility index (Phi) is 6.81. The molecule has 1 aromatic carbocycles. The van der Waals surface area contributed by atoms with Gasteiger partial charge in [0, 0.05) is 40.9 Å². The Hall–Kier alpha value is -3.07. The molecular formula is C29H28Cl2N2O6. The van der Waals surface area contributed by atoms with E-state index >= 15 is 0 Å². The van der Waals surface area contributed by atoms with Crippen molar-refractivity contribution in [1.29, 1.82) is 0 Å². The molecule has 8 nitrogen and oxygen atoms in total. The molecule has 2 aliphatic carbocycles. The van der Waals surface area contributed by atoms with Crippen LogP contribution in [0.3, 0.4) is 0 Å². The van der Waals surface area contributed by atoms with Gasteiger partial charge in [0.1, 0.15) is 35.2 Å².